The molecule has 0 radical (unpaired) electrons. The van der Waals surface area contributed by atoms with Gasteiger partial charge in [-0.15, -0.1) is 0 Å². The summed E-state index contributed by atoms with van der Waals surface area (Å²) in [5.41, 5.74) is -0.503. The van der Waals surface area contributed by atoms with Crippen LogP contribution in [0.25, 0.3) is 0 Å². The highest BCUT2D eigenvalue weighted by Crippen LogP contribution is 2.08. The van der Waals surface area contributed by atoms with E-state index in [0.717, 1.165) is 17.1 Å². The quantitative estimate of drug-likeness (QED) is 0.304. The van der Waals surface area contributed by atoms with Crippen LogP contribution in [0.4, 0.5) is 0 Å². The van der Waals surface area contributed by atoms with Gasteiger partial charge in [-0.3, -0.25) is 24.1 Å². The van der Waals surface area contributed by atoms with E-state index < -0.39 is 23.3 Å². The minimum Gasteiger partial charge on any atom is -0.460 e. The first kappa shape index (κ1) is 21.8. The number of carbonyl (C=O) groups excluding carboxylic acids is 4. The fourth-order valence-electron chi connectivity index (χ4n) is 1.92. The molecule has 1 aliphatic rings. The molecule has 3 amide bonds. The molecule has 0 atom stereocenters. The molecule has 0 fully saturated rings. The number of amides is 3. The van der Waals surface area contributed by atoms with Crippen LogP contribution >= 0.6 is 0 Å². The molecule has 1 N–H and O–H groups in total. The predicted octanol–water partition coefficient (Wildman–Crippen LogP) is -0.207. The topological polar surface area (TPSA) is 111 Å². The van der Waals surface area contributed by atoms with E-state index >= 15 is 0 Å². The molecule has 26 heavy (non-hydrogen) atoms. The van der Waals surface area contributed by atoms with Crippen LogP contribution in [0.15, 0.2) is 12.2 Å². The number of nitrogens with zero attached hydrogens (tertiary/aromatic N) is 1. The van der Waals surface area contributed by atoms with E-state index in [9.17, 15) is 19.2 Å². The number of nitrogens with one attached hydrogen (secondary N) is 1. The average molecular weight is 370 g/mol. The summed E-state index contributed by atoms with van der Waals surface area (Å²) in [4.78, 5) is 46.5. The van der Waals surface area contributed by atoms with E-state index in [2.05, 4.69) is 5.32 Å². The predicted molar refractivity (Wildman–Crippen MR) is 91.0 cm³/mol. The average Bonchev–Trinajstić information content (AvgIpc) is 2.83. The molecule has 0 unspecified atom stereocenters. The van der Waals surface area contributed by atoms with Gasteiger partial charge >= 0.3 is 5.97 Å². The first-order valence-electron chi connectivity index (χ1n) is 8.36. The summed E-state index contributed by atoms with van der Waals surface area (Å²) in [7, 11) is 0. The molecule has 146 valence electrons. The first-order valence-corrected chi connectivity index (χ1v) is 8.36. The maximum Gasteiger partial charge on any atom is 0.308 e. The molecule has 9 nitrogen and oxygen atoms in total. The van der Waals surface area contributed by atoms with Gasteiger partial charge in [0.15, 0.2) is 0 Å². The number of esters is 1. The molecule has 1 aliphatic heterocycles. The highest BCUT2D eigenvalue weighted by atomic mass is 16.6. The summed E-state index contributed by atoms with van der Waals surface area (Å²) in [5.74, 6) is -1.74. The smallest absolute Gasteiger partial charge is 0.308 e. The summed E-state index contributed by atoms with van der Waals surface area (Å²) in [6.07, 6.45) is 2.43. The maximum atomic E-state index is 11.6. The highest BCUT2D eigenvalue weighted by molar-refractivity contribution is 6.14. The largest absolute Gasteiger partial charge is 0.460 e. The fraction of sp³-hybridized carbons (Fsp3) is 0.647. The summed E-state index contributed by atoms with van der Waals surface area (Å²) < 4.78 is 15.7. The lowest BCUT2D eigenvalue weighted by Crippen LogP contribution is -2.41. The number of imide groups is 1. The zero-order valence-electron chi connectivity index (χ0n) is 15.4. The lowest BCUT2D eigenvalue weighted by Gasteiger charge is -2.19. The SMILES string of the molecule is CC(C)(C)OC(=O)CCOCCOCCNC(=O)CN1C(=O)C=CC1=O. The van der Waals surface area contributed by atoms with Gasteiger partial charge in [0, 0.05) is 18.7 Å². The lowest BCUT2D eigenvalue weighted by atomic mass is 10.2. The molecule has 0 spiro atoms. The molecule has 1 heterocycles. The van der Waals surface area contributed by atoms with E-state index in [-0.39, 0.29) is 38.7 Å². The minimum atomic E-state index is -0.503. The molecular formula is C17H26N2O7. The van der Waals surface area contributed by atoms with Crippen molar-refractivity contribution in [1.29, 1.82) is 0 Å². The third-order valence-corrected chi connectivity index (χ3v) is 3.01. The van der Waals surface area contributed by atoms with E-state index in [1.807, 2.05) is 0 Å². The maximum absolute atomic E-state index is 11.6. The highest BCUT2D eigenvalue weighted by Gasteiger charge is 2.25. The fourth-order valence-corrected chi connectivity index (χ4v) is 1.92. The second kappa shape index (κ2) is 10.7. The van der Waals surface area contributed by atoms with E-state index in [4.69, 9.17) is 14.2 Å². The van der Waals surface area contributed by atoms with Crippen LogP contribution in [0.5, 0.6) is 0 Å². The van der Waals surface area contributed by atoms with Crippen LogP contribution in [0.1, 0.15) is 27.2 Å². The Balaban J connectivity index is 1.95. The van der Waals surface area contributed by atoms with E-state index in [0.29, 0.717) is 13.2 Å². The summed E-state index contributed by atoms with van der Waals surface area (Å²) in [6, 6.07) is 0. The number of rotatable bonds is 11. The molecule has 0 aliphatic carbocycles. The molecule has 0 saturated carbocycles. The van der Waals surface area contributed by atoms with Crippen molar-refractivity contribution in [1.82, 2.24) is 10.2 Å². The van der Waals surface area contributed by atoms with E-state index in [1.54, 1.807) is 20.8 Å². The number of hydrogen-bond acceptors (Lipinski definition) is 7. The first-order chi connectivity index (χ1) is 12.2. The van der Waals surface area contributed by atoms with Gasteiger partial charge in [0.2, 0.25) is 5.91 Å². The second-order valence-electron chi connectivity index (χ2n) is 6.51. The van der Waals surface area contributed by atoms with Crippen LogP contribution in [-0.2, 0) is 33.4 Å². The zero-order valence-corrected chi connectivity index (χ0v) is 15.4. The van der Waals surface area contributed by atoms with Crippen molar-refractivity contribution < 1.29 is 33.4 Å². The van der Waals surface area contributed by atoms with Crippen LogP contribution in [0.2, 0.25) is 0 Å². The standard InChI is InChI=1S/C17H26N2O7/c1-17(2,3)26-16(23)6-8-24-10-11-25-9-7-18-13(20)12-19-14(21)4-5-15(19)22/h4-5H,6-12H2,1-3H3,(H,18,20). The Morgan fingerprint density at radius 2 is 1.58 bits per heavy atom. The van der Waals surface area contributed by atoms with Crippen molar-refractivity contribution in [2.45, 2.75) is 32.8 Å². The summed E-state index contributed by atoms with van der Waals surface area (Å²) >= 11 is 0. The molecular weight excluding hydrogens is 344 g/mol. The summed E-state index contributed by atoms with van der Waals surface area (Å²) in [5, 5.41) is 2.55. The molecule has 0 aromatic heterocycles. The van der Waals surface area contributed by atoms with Gasteiger partial charge < -0.3 is 19.5 Å². The van der Waals surface area contributed by atoms with Crippen molar-refractivity contribution in [3.63, 3.8) is 0 Å². The van der Waals surface area contributed by atoms with Crippen molar-refractivity contribution in [3.8, 4) is 0 Å². The third kappa shape index (κ3) is 9.28. The number of carbonyl (C=O) groups is 4. The Morgan fingerprint density at radius 3 is 2.15 bits per heavy atom. The van der Waals surface area contributed by atoms with Gasteiger partial charge in [0.05, 0.1) is 32.8 Å². The van der Waals surface area contributed by atoms with Crippen LogP contribution in [0, 0.1) is 0 Å². The molecule has 0 aromatic carbocycles. The van der Waals surface area contributed by atoms with Gasteiger partial charge in [-0.05, 0) is 20.8 Å². The Labute approximate surface area is 152 Å². The zero-order chi connectivity index (χ0) is 19.6. The van der Waals surface area contributed by atoms with Gasteiger partial charge in [-0.2, -0.15) is 0 Å². The number of hydrogen-bond donors (Lipinski definition) is 1. The van der Waals surface area contributed by atoms with Crippen molar-refractivity contribution in [2.75, 3.05) is 39.5 Å². The Bertz CT molecular complexity index is 534. The minimum absolute atomic E-state index is 0.177. The Morgan fingerprint density at radius 1 is 1.00 bits per heavy atom. The lowest BCUT2D eigenvalue weighted by molar-refractivity contribution is -0.156. The van der Waals surface area contributed by atoms with Crippen LogP contribution in [-0.4, -0.2) is 73.7 Å². The molecule has 0 saturated heterocycles. The molecule has 0 bridgehead atoms. The third-order valence-electron chi connectivity index (χ3n) is 3.01. The van der Waals surface area contributed by atoms with Gasteiger partial charge in [0.1, 0.15) is 12.1 Å². The number of ether oxygens (including phenoxy) is 3. The van der Waals surface area contributed by atoms with Crippen LogP contribution in [0.3, 0.4) is 0 Å². The Kier molecular flexibility index (Phi) is 8.94. The summed E-state index contributed by atoms with van der Waals surface area (Å²) in [6.45, 7) is 6.50. The van der Waals surface area contributed by atoms with Crippen molar-refractivity contribution in [2.24, 2.45) is 0 Å². The van der Waals surface area contributed by atoms with Crippen molar-refractivity contribution >= 4 is 23.7 Å². The van der Waals surface area contributed by atoms with Gasteiger partial charge in [-0.25, -0.2) is 0 Å². The molecule has 9 heteroatoms. The van der Waals surface area contributed by atoms with E-state index in [1.165, 1.54) is 0 Å². The van der Waals surface area contributed by atoms with Gasteiger partial charge in [-0.1, -0.05) is 0 Å². The van der Waals surface area contributed by atoms with Crippen LogP contribution < -0.4 is 5.32 Å². The normalized spacial score (nSPS) is 14.0. The second-order valence-corrected chi connectivity index (χ2v) is 6.51. The Hall–Kier alpha value is -2.26. The van der Waals surface area contributed by atoms with Gasteiger partial charge in [0.25, 0.3) is 11.8 Å². The molecule has 0 aromatic rings. The monoisotopic (exact) mass is 370 g/mol. The van der Waals surface area contributed by atoms with Crippen molar-refractivity contribution in [3.05, 3.63) is 12.2 Å². The molecule has 1 rings (SSSR count).